The van der Waals surface area contributed by atoms with Gasteiger partial charge < -0.3 is 4.74 Å². The van der Waals surface area contributed by atoms with E-state index in [4.69, 9.17) is 4.74 Å². The predicted octanol–water partition coefficient (Wildman–Crippen LogP) is 0.497. The minimum Gasteiger partial charge on any atom is -0.469 e. The van der Waals surface area contributed by atoms with Crippen molar-refractivity contribution in [2.75, 3.05) is 13.7 Å². The third-order valence-electron chi connectivity index (χ3n) is 2.21. The lowest BCUT2D eigenvalue weighted by Crippen LogP contribution is -2.27. The number of thioether (sulfide) groups is 1. The third kappa shape index (κ3) is 1.08. The number of carbonyl (C=O) groups excluding carboxylic acids is 1. The lowest BCUT2D eigenvalue weighted by molar-refractivity contribution is -0.145. The number of hydrogen-bond donors (Lipinski definition) is 0. The molecule has 0 saturated carbocycles. The molecule has 1 saturated heterocycles. The molecule has 2 atom stereocenters. The van der Waals surface area contributed by atoms with Gasteiger partial charge in [0.25, 0.3) is 0 Å². The number of nitrogens with zero attached hydrogens (tertiary/aromatic N) is 2. The van der Waals surface area contributed by atoms with Gasteiger partial charge >= 0.3 is 5.97 Å². The van der Waals surface area contributed by atoms with Crippen LogP contribution in [0.25, 0.3) is 0 Å². The highest BCUT2D eigenvalue weighted by molar-refractivity contribution is 8.12. The van der Waals surface area contributed by atoms with E-state index in [1.807, 2.05) is 5.01 Å². The van der Waals surface area contributed by atoms with Crippen LogP contribution in [0.2, 0.25) is 0 Å². The minimum atomic E-state index is -0.111. The predicted molar refractivity (Wildman–Crippen MR) is 46.7 cm³/mol. The number of fused-ring (bicyclic) bond motifs is 1. The fourth-order valence-electron chi connectivity index (χ4n) is 1.57. The topological polar surface area (TPSA) is 41.9 Å². The highest BCUT2D eigenvalue weighted by atomic mass is 32.2. The zero-order chi connectivity index (χ0) is 8.55. The molecular weight excluding hydrogens is 176 g/mol. The Kier molecular flexibility index (Phi) is 1.96. The summed E-state index contributed by atoms with van der Waals surface area (Å²) < 4.78 is 4.71. The van der Waals surface area contributed by atoms with E-state index in [0.29, 0.717) is 0 Å². The molecule has 1 fully saturated rings. The maximum atomic E-state index is 11.2. The standard InChI is InChI=1S/C7H10N2O2S/c1-11-7(10)5-2-3-9-6(5)12-4-8-9/h4-6H,2-3H2,1H3/t5-,6?/m1/s1. The van der Waals surface area contributed by atoms with E-state index in [-0.39, 0.29) is 17.3 Å². The summed E-state index contributed by atoms with van der Waals surface area (Å²) in [5, 5.41) is 6.27. The van der Waals surface area contributed by atoms with E-state index in [9.17, 15) is 4.79 Å². The fraction of sp³-hybridized carbons (Fsp3) is 0.714. The van der Waals surface area contributed by atoms with E-state index >= 15 is 0 Å². The lowest BCUT2D eigenvalue weighted by Gasteiger charge is -2.16. The lowest BCUT2D eigenvalue weighted by atomic mass is 10.1. The van der Waals surface area contributed by atoms with E-state index in [1.165, 1.54) is 7.11 Å². The van der Waals surface area contributed by atoms with Crippen LogP contribution in [0.3, 0.4) is 0 Å². The van der Waals surface area contributed by atoms with Gasteiger partial charge in [0.15, 0.2) is 0 Å². The van der Waals surface area contributed by atoms with Gasteiger partial charge in [0.2, 0.25) is 0 Å². The molecule has 0 aromatic rings. The molecular formula is C7H10N2O2S. The van der Waals surface area contributed by atoms with Crippen molar-refractivity contribution in [3.63, 3.8) is 0 Å². The molecule has 0 amide bonds. The number of methoxy groups -OCH3 is 1. The molecule has 0 aliphatic carbocycles. The molecule has 12 heavy (non-hydrogen) atoms. The molecule has 0 spiro atoms. The summed E-state index contributed by atoms with van der Waals surface area (Å²) >= 11 is 1.60. The molecule has 1 unspecified atom stereocenters. The Hall–Kier alpha value is -0.710. The Morgan fingerprint density at radius 3 is 3.42 bits per heavy atom. The second-order valence-corrected chi connectivity index (χ2v) is 3.79. The minimum absolute atomic E-state index is 0.00231. The van der Waals surface area contributed by atoms with Crippen molar-refractivity contribution in [3.8, 4) is 0 Å². The van der Waals surface area contributed by atoms with E-state index in [2.05, 4.69) is 5.10 Å². The summed E-state index contributed by atoms with van der Waals surface area (Å²) in [7, 11) is 1.44. The number of carbonyl (C=O) groups is 1. The van der Waals surface area contributed by atoms with Crippen LogP contribution < -0.4 is 0 Å². The molecule has 0 N–H and O–H groups in total. The van der Waals surface area contributed by atoms with Gasteiger partial charge in [-0.15, -0.1) is 0 Å². The van der Waals surface area contributed by atoms with Crippen LogP contribution in [0.4, 0.5) is 0 Å². The first kappa shape index (κ1) is 7.91. The van der Waals surface area contributed by atoms with Crippen LogP contribution in [0.15, 0.2) is 5.10 Å². The fourth-order valence-corrected chi connectivity index (χ4v) is 2.61. The van der Waals surface area contributed by atoms with Crippen LogP contribution in [-0.4, -0.2) is 35.6 Å². The van der Waals surface area contributed by atoms with Crippen LogP contribution >= 0.6 is 11.8 Å². The smallest absolute Gasteiger partial charge is 0.311 e. The van der Waals surface area contributed by atoms with Crippen LogP contribution in [0, 0.1) is 5.92 Å². The number of esters is 1. The molecule has 0 aromatic heterocycles. The second-order valence-electron chi connectivity index (χ2n) is 2.83. The second kappa shape index (κ2) is 2.97. The quantitative estimate of drug-likeness (QED) is 0.559. The average molecular weight is 186 g/mol. The number of rotatable bonds is 1. The van der Waals surface area contributed by atoms with Gasteiger partial charge in [-0.1, -0.05) is 11.8 Å². The summed E-state index contributed by atoms with van der Waals surface area (Å²) in [6, 6.07) is 0. The normalized spacial score (nSPS) is 32.2. The van der Waals surface area contributed by atoms with Gasteiger partial charge in [0, 0.05) is 6.54 Å². The monoisotopic (exact) mass is 186 g/mol. The first-order valence-corrected chi connectivity index (χ1v) is 4.79. The Morgan fingerprint density at radius 1 is 1.83 bits per heavy atom. The SMILES string of the molecule is COC(=O)[C@@H]1CCN2N=CSC12. The van der Waals surface area contributed by atoms with Crippen LogP contribution in [-0.2, 0) is 9.53 Å². The average Bonchev–Trinajstić information content (AvgIpc) is 2.62. The Morgan fingerprint density at radius 2 is 2.67 bits per heavy atom. The van der Waals surface area contributed by atoms with Crippen molar-refractivity contribution in [2.24, 2.45) is 11.0 Å². The summed E-state index contributed by atoms with van der Waals surface area (Å²) in [6.07, 6.45) is 0.863. The van der Waals surface area contributed by atoms with Gasteiger partial charge in [-0.3, -0.25) is 9.80 Å². The van der Waals surface area contributed by atoms with Gasteiger partial charge in [0.1, 0.15) is 5.37 Å². The van der Waals surface area contributed by atoms with Crippen molar-refractivity contribution in [1.82, 2.24) is 5.01 Å². The Labute approximate surface area is 74.9 Å². The number of hydrazone groups is 1. The first-order valence-electron chi connectivity index (χ1n) is 3.85. The molecule has 5 heteroatoms. The van der Waals surface area contributed by atoms with Crippen LogP contribution in [0.1, 0.15) is 6.42 Å². The third-order valence-corrected chi connectivity index (χ3v) is 3.27. The maximum Gasteiger partial charge on any atom is 0.311 e. The zero-order valence-corrected chi connectivity index (χ0v) is 7.58. The first-order chi connectivity index (χ1) is 5.83. The summed E-state index contributed by atoms with van der Waals surface area (Å²) in [5.74, 6) is -0.108. The molecule has 2 rings (SSSR count). The van der Waals surface area contributed by atoms with Crippen molar-refractivity contribution in [3.05, 3.63) is 0 Å². The summed E-state index contributed by atoms with van der Waals surface area (Å²) in [6.45, 7) is 0.869. The Balaban J connectivity index is 2.06. The number of ether oxygens (including phenoxy) is 1. The molecule has 0 bridgehead atoms. The zero-order valence-electron chi connectivity index (χ0n) is 6.77. The van der Waals surface area contributed by atoms with Gasteiger partial charge in [0.05, 0.1) is 18.6 Å². The van der Waals surface area contributed by atoms with Crippen molar-refractivity contribution >= 4 is 23.3 Å². The van der Waals surface area contributed by atoms with Gasteiger partial charge in [-0.2, -0.15) is 5.10 Å². The van der Waals surface area contributed by atoms with Crippen molar-refractivity contribution in [2.45, 2.75) is 11.8 Å². The van der Waals surface area contributed by atoms with Crippen LogP contribution in [0.5, 0.6) is 0 Å². The Bertz CT molecular complexity index is 231. The van der Waals surface area contributed by atoms with Gasteiger partial charge in [-0.05, 0) is 6.42 Å². The summed E-state index contributed by atoms with van der Waals surface area (Å²) in [4.78, 5) is 11.2. The van der Waals surface area contributed by atoms with E-state index < -0.39 is 0 Å². The summed E-state index contributed by atoms with van der Waals surface area (Å²) in [5.41, 5.74) is 1.79. The molecule has 66 valence electrons. The highest BCUT2D eigenvalue weighted by Gasteiger charge is 2.41. The largest absolute Gasteiger partial charge is 0.469 e. The van der Waals surface area contributed by atoms with E-state index in [1.54, 1.807) is 17.3 Å². The van der Waals surface area contributed by atoms with E-state index in [0.717, 1.165) is 13.0 Å². The molecule has 0 radical (unpaired) electrons. The van der Waals surface area contributed by atoms with Crippen molar-refractivity contribution in [1.29, 1.82) is 0 Å². The molecule has 4 nitrogen and oxygen atoms in total. The molecule has 2 aliphatic rings. The van der Waals surface area contributed by atoms with Crippen molar-refractivity contribution < 1.29 is 9.53 Å². The molecule has 0 aromatic carbocycles. The molecule has 2 aliphatic heterocycles. The maximum absolute atomic E-state index is 11.2. The number of hydrogen-bond acceptors (Lipinski definition) is 5. The highest BCUT2D eigenvalue weighted by Crippen LogP contribution is 2.36. The van der Waals surface area contributed by atoms with Gasteiger partial charge in [-0.25, -0.2) is 0 Å². The molecule has 2 heterocycles.